The van der Waals surface area contributed by atoms with E-state index >= 15 is 0 Å². The molecule has 3 nitrogen and oxygen atoms in total. The minimum Gasteiger partial charge on any atom is -0.392 e. The van der Waals surface area contributed by atoms with Crippen LogP contribution in [0.4, 0.5) is 5.69 Å². The predicted molar refractivity (Wildman–Crippen MR) is 85.2 cm³/mol. The van der Waals surface area contributed by atoms with Crippen LogP contribution in [-0.4, -0.2) is 31.3 Å². The molecule has 1 heterocycles. The smallest absolute Gasteiger partial charge is 0.0669 e. The number of rotatable bonds is 5. The van der Waals surface area contributed by atoms with Crippen LogP contribution in [0.5, 0.6) is 0 Å². The molecule has 0 bridgehead atoms. The summed E-state index contributed by atoms with van der Waals surface area (Å²) in [5.74, 6) is 0. The van der Waals surface area contributed by atoms with Crippen LogP contribution in [-0.2, 0) is 13.0 Å². The summed E-state index contributed by atoms with van der Waals surface area (Å²) in [5.41, 5.74) is 4.30. The van der Waals surface area contributed by atoms with Crippen LogP contribution >= 0.6 is 0 Å². The molecule has 0 saturated carbocycles. The minimum absolute atomic E-state index is 0.180. The zero-order valence-corrected chi connectivity index (χ0v) is 13.2. The molecule has 0 radical (unpaired) electrons. The normalized spacial score (nSPS) is 16.4. The van der Waals surface area contributed by atoms with Crippen LogP contribution in [0.2, 0.25) is 0 Å². The number of nitrogens with zero attached hydrogens (tertiary/aromatic N) is 1. The number of anilines is 1. The van der Waals surface area contributed by atoms with Crippen molar-refractivity contribution >= 4 is 5.69 Å². The van der Waals surface area contributed by atoms with Gasteiger partial charge in [-0.1, -0.05) is 32.9 Å². The Morgan fingerprint density at radius 2 is 2.10 bits per heavy atom. The number of benzene rings is 1. The summed E-state index contributed by atoms with van der Waals surface area (Å²) in [6, 6.07) is 6.69. The van der Waals surface area contributed by atoms with E-state index in [9.17, 15) is 5.11 Å². The van der Waals surface area contributed by atoms with Gasteiger partial charge in [0.1, 0.15) is 0 Å². The second-order valence-corrected chi connectivity index (χ2v) is 7.18. The third kappa shape index (κ3) is 4.22. The van der Waals surface area contributed by atoms with Crippen molar-refractivity contribution in [1.29, 1.82) is 0 Å². The maximum atomic E-state index is 9.98. The monoisotopic (exact) mass is 276 g/mol. The zero-order chi connectivity index (χ0) is 14.8. The van der Waals surface area contributed by atoms with Gasteiger partial charge in [0.05, 0.1) is 6.10 Å². The highest BCUT2D eigenvalue weighted by Crippen LogP contribution is 2.27. The Kier molecular flexibility index (Phi) is 4.71. The lowest BCUT2D eigenvalue weighted by molar-refractivity contribution is 0.119. The van der Waals surface area contributed by atoms with Crippen molar-refractivity contribution in [3.05, 3.63) is 29.3 Å². The van der Waals surface area contributed by atoms with E-state index in [0.717, 1.165) is 25.9 Å². The fraction of sp³-hybridized carbons (Fsp3) is 0.647. The summed E-state index contributed by atoms with van der Waals surface area (Å²) < 4.78 is 0. The lowest BCUT2D eigenvalue weighted by Crippen LogP contribution is -2.29. The number of hydrogen-bond acceptors (Lipinski definition) is 3. The average Bonchev–Trinajstić information content (AvgIpc) is 2.68. The molecule has 3 heteroatoms. The molecule has 0 saturated heterocycles. The molecule has 0 aliphatic carbocycles. The SMILES string of the molecule is CN1CCc2cc(CNCC(O)CC(C)(C)C)ccc21. The number of aliphatic hydroxyl groups excluding tert-OH is 1. The van der Waals surface area contributed by atoms with Gasteiger partial charge in [0, 0.05) is 32.4 Å². The largest absolute Gasteiger partial charge is 0.392 e. The van der Waals surface area contributed by atoms with Gasteiger partial charge in [-0.2, -0.15) is 0 Å². The lowest BCUT2D eigenvalue weighted by Gasteiger charge is -2.22. The highest BCUT2D eigenvalue weighted by atomic mass is 16.3. The van der Waals surface area contributed by atoms with Gasteiger partial charge in [-0.15, -0.1) is 0 Å². The van der Waals surface area contributed by atoms with Gasteiger partial charge >= 0.3 is 0 Å². The van der Waals surface area contributed by atoms with Crippen LogP contribution in [0.15, 0.2) is 18.2 Å². The molecule has 1 aliphatic rings. The maximum absolute atomic E-state index is 9.98. The summed E-state index contributed by atoms with van der Waals surface area (Å²) in [5, 5.41) is 13.3. The molecule has 0 aromatic heterocycles. The first-order valence-electron chi connectivity index (χ1n) is 7.57. The van der Waals surface area contributed by atoms with Crippen molar-refractivity contribution in [2.45, 2.75) is 46.3 Å². The highest BCUT2D eigenvalue weighted by Gasteiger charge is 2.17. The van der Waals surface area contributed by atoms with Gasteiger partial charge in [-0.3, -0.25) is 0 Å². The van der Waals surface area contributed by atoms with E-state index in [-0.39, 0.29) is 11.5 Å². The van der Waals surface area contributed by atoms with E-state index < -0.39 is 0 Å². The van der Waals surface area contributed by atoms with Gasteiger partial charge in [-0.05, 0) is 35.4 Å². The van der Waals surface area contributed by atoms with Gasteiger partial charge in [0.15, 0.2) is 0 Å². The standard InChI is InChI=1S/C17H28N2O/c1-17(2,3)10-15(20)12-18-11-13-5-6-16-14(9-13)7-8-19(16)4/h5-6,9,15,18,20H,7-8,10-12H2,1-4H3. The Hall–Kier alpha value is -1.06. The van der Waals surface area contributed by atoms with E-state index in [1.165, 1.54) is 16.8 Å². The molecule has 1 aromatic rings. The molecule has 2 N–H and O–H groups in total. The first-order valence-corrected chi connectivity index (χ1v) is 7.57. The van der Waals surface area contributed by atoms with Crippen LogP contribution in [0.3, 0.4) is 0 Å². The molecule has 1 aromatic carbocycles. The minimum atomic E-state index is -0.268. The van der Waals surface area contributed by atoms with E-state index in [1.54, 1.807) is 0 Å². The van der Waals surface area contributed by atoms with Gasteiger partial charge in [-0.25, -0.2) is 0 Å². The Morgan fingerprint density at radius 1 is 1.35 bits per heavy atom. The molecule has 0 fully saturated rings. The molecular weight excluding hydrogens is 248 g/mol. The van der Waals surface area contributed by atoms with Crippen LogP contribution in [0, 0.1) is 5.41 Å². The Balaban J connectivity index is 1.80. The topological polar surface area (TPSA) is 35.5 Å². The van der Waals surface area contributed by atoms with Crippen molar-refractivity contribution in [2.24, 2.45) is 5.41 Å². The van der Waals surface area contributed by atoms with Crippen molar-refractivity contribution in [2.75, 3.05) is 25.0 Å². The molecular formula is C17H28N2O. The fourth-order valence-electron chi connectivity index (χ4n) is 2.89. The Labute approximate surface area is 123 Å². The molecule has 1 atom stereocenters. The van der Waals surface area contributed by atoms with E-state index in [1.807, 2.05) is 0 Å². The number of likely N-dealkylation sites (N-methyl/N-ethyl adjacent to an activating group) is 1. The number of fused-ring (bicyclic) bond motifs is 1. The van der Waals surface area contributed by atoms with Crippen LogP contribution < -0.4 is 10.2 Å². The van der Waals surface area contributed by atoms with Crippen molar-refractivity contribution < 1.29 is 5.11 Å². The second kappa shape index (κ2) is 6.15. The molecule has 0 spiro atoms. The van der Waals surface area contributed by atoms with Crippen LogP contribution in [0.1, 0.15) is 38.3 Å². The molecule has 112 valence electrons. The molecule has 1 aliphatic heterocycles. The third-order valence-electron chi connectivity index (χ3n) is 3.83. The molecule has 1 unspecified atom stereocenters. The van der Waals surface area contributed by atoms with Crippen LogP contribution in [0.25, 0.3) is 0 Å². The summed E-state index contributed by atoms with van der Waals surface area (Å²) in [4.78, 5) is 2.31. The quantitative estimate of drug-likeness (QED) is 0.867. The van der Waals surface area contributed by atoms with Crippen molar-refractivity contribution in [3.8, 4) is 0 Å². The van der Waals surface area contributed by atoms with E-state index in [2.05, 4.69) is 56.2 Å². The maximum Gasteiger partial charge on any atom is 0.0669 e. The highest BCUT2D eigenvalue weighted by molar-refractivity contribution is 5.58. The summed E-state index contributed by atoms with van der Waals surface area (Å²) >= 11 is 0. The summed E-state index contributed by atoms with van der Waals surface area (Å²) in [6.45, 7) is 9.09. The number of hydrogen-bond donors (Lipinski definition) is 2. The predicted octanol–water partition coefficient (Wildman–Crippen LogP) is 2.57. The van der Waals surface area contributed by atoms with Gasteiger partial charge in [0.25, 0.3) is 0 Å². The number of nitrogens with one attached hydrogen (secondary N) is 1. The average molecular weight is 276 g/mol. The van der Waals surface area contributed by atoms with Gasteiger partial charge < -0.3 is 15.3 Å². The second-order valence-electron chi connectivity index (χ2n) is 7.18. The summed E-state index contributed by atoms with van der Waals surface area (Å²) in [7, 11) is 2.15. The molecule has 20 heavy (non-hydrogen) atoms. The third-order valence-corrected chi connectivity index (χ3v) is 3.83. The zero-order valence-electron chi connectivity index (χ0n) is 13.2. The summed E-state index contributed by atoms with van der Waals surface area (Å²) in [6.07, 6.45) is 1.71. The first kappa shape index (κ1) is 15.3. The number of aliphatic hydroxyl groups is 1. The molecule has 0 amide bonds. The van der Waals surface area contributed by atoms with E-state index in [4.69, 9.17) is 0 Å². The van der Waals surface area contributed by atoms with E-state index in [0.29, 0.717) is 6.54 Å². The first-order chi connectivity index (χ1) is 9.35. The van der Waals surface area contributed by atoms with Crippen molar-refractivity contribution in [1.82, 2.24) is 5.32 Å². The van der Waals surface area contributed by atoms with Crippen molar-refractivity contribution in [3.63, 3.8) is 0 Å². The molecule has 2 rings (SSSR count). The Morgan fingerprint density at radius 3 is 2.80 bits per heavy atom. The van der Waals surface area contributed by atoms with Gasteiger partial charge in [0.2, 0.25) is 0 Å². The lowest BCUT2D eigenvalue weighted by atomic mass is 9.89. The Bertz CT molecular complexity index is 451. The fourth-order valence-corrected chi connectivity index (χ4v) is 2.89.